The molecule has 2 N–H and O–H groups in total. The predicted octanol–water partition coefficient (Wildman–Crippen LogP) is 1.99. The maximum Gasteiger partial charge on any atom is 0.278 e. The Morgan fingerprint density at radius 2 is 1.60 bits per heavy atom. The minimum Gasteiger partial charge on any atom is -0.324 e. The third-order valence-electron chi connectivity index (χ3n) is 7.25. The van der Waals surface area contributed by atoms with E-state index >= 15 is 0 Å². The highest BCUT2D eigenvalue weighted by atomic mass is 32.2. The summed E-state index contributed by atoms with van der Waals surface area (Å²) in [7, 11) is -3.62. The molecule has 0 radical (unpaired) electrons. The van der Waals surface area contributed by atoms with Gasteiger partial charge < -0.3 is 5.32 Å². The largest absolute Gasteiger partial charge is 0.324 e. The number of anilines is 2. The lowest BCUT2D eigenvalue weighted by molar-refractivity contribution is 0.109. The number of aryl methyl sites for hydroxylation is 2. The molecule has 2 aliphatic carbocycles. The highest BCUT2D eigenvalue weighted by Gasteiger charge is 2.41. The van der Waals surface area contributed by atoms with Gasteiger partial charge in [-0.25, -0.2) is 8.42 Å². The average Bonchev–Trinajstić information content (AvgIpc) is 3.47. The molecule has 9 heteroatoms. The van der Waals surface area contributed by atoms with Gasteiger partial charge >= 0.3 is 0 Å². The monoisotopic (exact) mass is 428 g/mol. The topological polar surface area (TPSA) is 94.2 Å². The molecule has 0 spiro atoms. The Morgan fingerprint density at radius 1 is 0.933 bits per heavy atom. The molecule has 3 heterocycles. The van der Waals surface area contributed by atoms with E-state index in [1.807, 2.05) is 0 Å². The van der Waals surface area contributed by atoms with Crippen molar-refractivity contribution in [3.05, 3.63) is 28.3 Å². The number of fused-ring (bicyclic) bond motifs is 2. The molecule has 30 heavy (non-hydrogen) atoms. The molecule has 0 unspecified atom stereocenters. The zero-order valence-corrected chi connectivity index (χ0v) is 18.0. The molecule has 0 saturated carbocycles. The molecule has 2 fully saturated rings. The van der Waals surface area contributed by atoms with Crippen LogP contribution in [0.4, 0.5) is 11.6 Å². The summed E-state index contributed by atoms with van der Waals surface area (Å²) in [4.78, 5) is 5.34. The molecule has 2 saturated heterocycles. The molecule has 0 bridgehead atoms. The Bertz CT molecular complexity index is 1050. The number of hydrogen-bond acceptors (Lipinski definition) is 6. The number of H-pyrrole nitrogens is 1. The number of aromatic amines is 1. The Kier molecular flexibility index (Phi) is 4.40. The number of nitrogens with zero attached hydrogens (tertiary/aromatic N) is 4. The van der Waals surface area contributed by atoms with Crippen LogP contribution >= 0.6 is 0 Å². The fraction of sp³-hybridized carbons (Fsp3) is 0.619. The van der Waals surface area contributed by atoms with E-state index < -0.39 is 10.0 Å². The van der Waals surface area contributed by atoms with Crippen LogP contribution in [-0.4, -0.2) is 65.0 Å². The summed E-state index contributed by atoms with van der Waals surface area (Å²) in [6, 6.07) is 2.73. The highest BCUT2D eigenvalue weighted by molar-refractivity contribution is 7.89. The molecule has 6 rings (SSSR count). The third-order valence-corrected chi connectivity index (χ3v) is 8.90. The van der Waals surface area contributed by atoms with Gasteiger partial charge in [-0.15, -0.1) is 10.2 Å². The van der Waals surface area contributed by atoms with Crippen LogP contribution in [0.15, 0.2) is 11.2 Å². The van der Waals surface area contributed by atoms with E-state index in [9.17, 15) is 8.42 Å². The van der Waals surface area contributed by atoms with E-state index in [2.05, 4.69) is 31.5 Å². The van der Waals surface area contributed by atoms with E-state index in [-0.39, 0.29) is 5.16 Å². The summed E-state index contributed by atoms with van der Waals surface area (Å²) in [5.74, 6) is 0.416. The number of hydrogen-bond donors (Lipinski definition) is 2. The van der Waals surface area contributed by atoms with Crippen LogP contribution in [0.5, 0.6) is 0 Å². The van der Waals surface area contributed by atoms with Crippen molar-refractivity contribution in [2.45, 2.75) is 62.6 Å². The first-order valence-electron chi connectivity index (χ1n) is 11.2. The number of benzene rings is 1. The van der Waals surface area contributed by atoms with Crippen LogP contribution in [0, 0.1) is 0 Å². The lowest BCUT2D eigenvalue weighted by Crippen LogP contribution is -2.60. The van der Waals surface area contributed by atoms with Crippen molar-refractivity contribution in [1.29, 1.82) is 0 Å². The second kappa shape index (κ2) is 7.03. The van der Waals surface area contributed by atoms with Crippen molar-refractivity contribution < 1.29 is 8.42 Å². The summed E-state index contributed by atoms with van der Waals surface area (Å²) in [5, 5.41) is 11.5. The molecule has 2 aromatic rings. The third kappa shape index (κ3) is 2.98. The minimum atomic E-state index is -3.62. The van der Waals surface area contributed by atoms with Crippen molar-refractivity contribution in [3.8, 4) is 0 Å². The van der Waals surface area contributed by atoms with Crippen LogP contribution in [0.1, 0.15) is 47.9 Å². The van der Waals surface area contributed by atoms with Crippen LogP contribution in [0.25, 0.3) is 0 Å². The highest BCUT2D eigenvalue weighted by Crippen LogP contribution is 2.39. The molecule has 8 nitrogen and oxygen atoms in total. The van der Waals surface area contributed by atoms with E-state index in [0.29, 0.717) is 25.1 Å². The summed E-state index contributed by atoms with van der Waals surface area (Å²) in [6.45, 7) is 3.26. The van der Waals surface area contributed by atoms with Gasteiger partial charge in [-0.3, -0.25) is 9.88 Å². The van der Waals surface area contributed by atoms with Gasteiger partial charge in [0.25, 0.3) is 15.2 Å². The molecular weight excluding hydrogens is 400 g/mol. The molecule has 0 amide bonds. The van der Waals surface area contributed by atoms with E-state index in [1.54, 1.807) is 0 Å². The maximum absolute atomic E-state index is 13.0. The predicted molar refractivity (Wildman–Crippen MR) is 114 cm³/mol. The Hall–Kier alpha value is -1.97. The molecule has 160 valence electrons. The number of rotatable bonds is 5. The maximum atomic E-state index is 13.0. The smallest absolute Gasteiger partial charge is 0.278 e. The Labute approximate surface area is 177 Å². The molecule has 4 aliphatic rings. The number of aromatic nitrogens is 3. The van der Waals surface area contributed by atoms with Crippen LogP contribution in [-0.2, 0) is 35.7 Å². The Balaban J connectivity index is 1.22. The quantitative estimate of drug-likeness (QED) is 0.757. The van der Waals surface area contributed by atoms with E-state index in [0.717, 1.165) is 44.5 Å². The fourth-order valence-corrected chi connectivity index (χ4v) is 6.93. The van der Waals surface area contributed by atoms with Gasteiger partial charge in [-0.2, -0.15) is 4.31 Å². The van der Waals surface area contributed by atoms with Crippen molar-refractivity contribution in [2.24, 2.45) is 0 Å². The second-order valence-electron chi connectivity index (χ2n) is 9.06. The SMILES string of the molecule is O=S(=O)(c1nnc(Nc2c3c(cc4c2CCC4)CCC3)[nH]1)N1CC(N2CCCC2)C1. The summed E-state index contributed by atoms with van der Waals surface area (Å²) in [6.07, 6.45) is 9.17. The van der Waals surface area contributed by atoms with Crippen LogP contribution in [0.3, 0.4) is 0 Å². The van der Waals surface area contributed by atoms with Crippen LogP contribution in [0.2, 0.25) is 0 Å². The molecule has 1 aromatic heterocycles. The molecule has 2 aliphatic heterocycles. The average molecular weight is 429 g/mol. The minimum absolute atomic E-state index is 0.0610. The first-order valence-corrected chi connectivity index (χ1v) is 12.6. The normalized spacial score (nSPS) is 22.3. The zero-order chi connectivity index (χ0) is 20.3. The van der Waals surface area contributed by atoms with E-state index in [4.69, 9.17) is 0 Å². The lowest BCUT2D eigenvalue weighted by Gasteiger charge is -2.42. The first-order chi connectivity index (χ1) is 14.6. The summed E-state index contributed by atoms with van der Waals surface area (Å²) < 4.78 is 27.4. The first kappa shape index (κ1) is 18.8. The van der Waals surface area contributed by atoms with Gasteiger partial charge in [0.05, 0.1) is 0 Å². The Morgan fingerprint density at radius 3 is 2.27 bits per heavy atom. The van der Waals surface area contributed by atoms with Gasteiger partial charge in [0, 0.05) is 24.8 Å². The van der Waals surface area contributed by atoms with Gasteiger partial charge in [-0.05, 0) is 86.7 Å². The van der Waals surface area contributed by atoms with Crippen LogP contribution < -0.4 is 5.32 Å². The van der Waals surface area contributed by atoms with Crippen molar-refractivity contribution in [1.82, 2.24) is 24.4 Å². The summed E-state index contributed by atoms with van der Waals surface area (Å²) in [5.41, 5.74) is 6.73. The van der Waals surface area contributed by atoms with Gasteiger partial charge in [0.15, 0.2) is 0 Å². The second-order valence-corrected chi connectivity index (χ2v) is 10.9. The zero-order valence-electron chi connectivity index (χ0n) is 17.2. The number of nitrogens with one attached hydrogen (secondary N) is 2. The van der Waals surface area contributed by atoms with Gasteiger partial charge in [0.1, 0.15) is 0 Å². The molecule has 1 aromatic carbocycles. The van der Waals surface area contributed by atoms with Crippen molar-refractivity contribution in [3.63, 3.8) is 0 Å². The molecule has 0 atom stereocenters. The van der Waals surface area contributed by atoms with Gasteiger partial charge in [0.2, 0.25) is 5.95 Å². The van der Waals surface area contributed by atoms with Crippen molar-refractivity contribution in [2.75, 3.05) is 31.5 Å². The lowest BCUT2D eigenvalue weighted by atomic mass is 9.99. The van der Waals surface area contributed by atoms with E-state index in [1.165, 1.54) is 52.2 Å². The number of likely N-dealkylation sites (tertiary alicyclic amines) is 1. The fourth-order valence-electron chi connectivity index (χ4n) is 5.58. The molecular formula is C21H28N6O2S. The standard InChI is InChI=1S/C21H28N6O2S/c28-30(29,27-12-16(13-27)26-9-1-2-10-26)21-23-20(24-25-21)22-19-17-7-3-5-14(17)11-15-6-4-8-18(15)19/h11,16H,1-10,12-13H2,(H2,22,23,24,25). The number of sulfonamides is 1. The van der Waals surface area contributed by atoms with Gasteiger partial charge in [-0.1, -0.05) is 6.07 Å². The summed E-state index contributed by atoms with van der Waals surface area (Å²) >= 11 is 0. The van der Waals surface area contributed by atoms with Crippen molar-refractivity contribution >= 4 is 21.7 Å².